The zero-order valence-corrected chi connectivity index (χ0v) is 28.7. The summed E-state index contributed by atoms with van der Waals surface area (Å²) in [7, 11) is 3.29. The molecule has 1 atom stereocenters. The molecule has 3 heterocycles. The Hall–Kier alpha value is -4.70. The Morgan fingerprint density at radius 1 is 1.04 bits per heavy atom. The van der Waals surface area contributed by atoms with Crippen molar-refractivity contribution in [1.29, 1.82) is 0 Å². The molecule has 2 aromatic heterocycles. The van der Waals surface area contributed by atoms with Gasteiger partial charge >= 0.3 is 0 Å². The first kappa shape index (κ1) is 36.6. The number of hydrogen-bond acceptors (Lipinski definition) is 8. The molecule has 0 saturated carbocycles. The van der Waals surface area contributed by atoms with Crippen LogP contribution in [-0.2, 0) is 11.8 Å². The van der Waals surface area contributed by atoms with Crippen LogP contribution in [0.3, 0.4) is 0 Å². The summed E-state index contributed by atoms with van der Waals surface area (Å²) in [5.41, 5.74) is 1.70. The van der Waals surface area contributed by atoms with Gasteiger partial charge in [0.15, 0.2) is 17.5 Å². The second kappa shape index (κ2) is 15.9. The smallest absolute Gasteiger partial charge is 0.291 e. The van der Waals surface area contributed by atoms with E-state index in [0.29, 0.717) is 62.6 Å². The lowest BCUT2D eigenvalue weighted by atomic mass is 10.0. The minimum Gasteiger partial charge on any atom is -0.395 e. The van der Waals surface area contributed by atoms with Crippen LogP contribution in [0.4, 0.5) is 14.5 Å². The van der Waals surface area contributed by atoms with Crippen molar-refractivity contribution in [3.05, 3.63) is 76.5 Å². The summed E-state index contributed by atoms with van der Waals surface area (Å²) >= 11 is 6.48. The molecule has 1 aliphatic heterocycles. The van der Waals surface area contributed by atoms with Gasteiger partial charge in [-0.25, -0.2) is 13.8 Å². The summed E-state index contributed by atoms with van der Waals surface area (Å²) in [5, 5.41) is 28.5. The van der Waals surface area contributed by atoms with Gasteiger partial charge in [-0.05, 0) is 44.7 Å². The van der Waals surface area contributed by atoms with E-state index in [0.717, 1.165) is 0 Å². The van der Waals surface area contributed by atoms with Crippen molar-refractivity contribution in [1.82, 2.24) is 34.4 Å². The third-order valence-electron chi connectivity index (χ3n) is 8.74. The standard InChI is InChI=1S/C34H39ClF2N8O5/c1-20-26(17-39-41-20)23-7-8-25(31(37)30(23)36)28-18-38-32(43(28)3)33(49)40-21-4-6-24(27(35)16-21)34(50)45-12-10-44(11-13-45)29(48)9-5-22(47)19-42(2)14-15-46/h4,6-8,16-18,22,46-47H,5,9-15,19H2,1-3H3,(H,39,41)(H,40,49)/t22-/m1/s1. The summed E-state index contributed by atoms with van der Waals surface area (Å²) in [6, 6.07) is 7.32. The number of nitrogens with one attached hydrogen (secondary N) is 2. The Kier molecular flexibility index (Phi) is 11.6. The van der Waals surface area contributed by atoms with Gasteiger partial charge in [0, 0.05) is 80.8 Å². The van der Waals surface area contributed by atoms with E-state index < -0.39 is 23.6 Å². The molecule has 3 amide bonds. The molecular formula is C34H39ClF2N8O5. The van der Waals surface area contributed by atoms with Gasteiger partial charge in [-0.1, -0.05) is 17.7 Å². The lowest BCUT2D eigenvalue weighted by molar-refractivity contribution is -0.133. The molecule has 4 aromatic rings. The number of carbonyl (C=O) groups excluding carboxylic acids is 3. The van der Waals surface area contributed by atoms with Gasteiger partial charge in [0.05, 0.1) is 41.4 Å². The molecule has 1 aliphatic rings. The van der Waals surface area contributed by atoms with Gasteiger partial charge in [-0.2, -0.15) is 5.10 Å². The lowest BCUT2D eigenvalue weighted by Gasteiger charge is -2.35. The molecule has 0 spiro atoms. The maximum Gasteiger partial charge on any atom is 0.291 e. The SMILES string of the molecule is Cc1[nH]ncc1-c1ccc(-c2cnc(C(=O)Nc3ccc(C(=O)N4CCN(C(=O)CC[C@@H](O)CN(C)CCO)CC4)c(Cl)c3)n2C)c(F)c1F. The number of aromatic amines is 1. The number of likely N-dealkylation sites (N-methyl/N-ethyl adjacent to an activating group) is 1. The van der Waals surface area contributed by atoms with Gasteiger partial charge < -0.3 is 34.8 Å². The number of anilines is 1. The van der Waals surface area contributed by atoms with Crippen LogP contribution in [0.15, 0.2) is 42.7 Å². The zero-order valence-electron chi connectivity index (χ0n) is 27.9. The van der Waals surface area contributed by atoms with Crippen LogP contribution >= 0.6 is 11.6 Å². The highest BCUT2D eigenvalue weighted by Crippen LogP contribution is 2.32. The van der Waals surface area contributed by atoms with Gasteiger partial charge in [0.2, 0.25) is 5.91 Å². The first-order chi connectivity index (χ1) is 23.9. The van der Waals surface area contributed by atoms with E-state index in [2.05, 4.69) is 20.5 Å². The fourth-order valence-corrected chi connectivity index (χ4v) is 6.15. The summed E-state index contributed by atoms with van der Waals surface area (Å²) < 4.78 is 31.7. The molecule has 0 unspecified atom stereocenters. The van der Waals surface area contributed by atoms with E-state index >= 15 is 8.78 Å². The molecule has 1 fully saturated rings. The topological polar surface area (TPSA) is 160 Å². The average molecular weight is 713 g/mol. The molecular weight excluding hydrogens is 674 g/mol. The van der Waals surface area contributed by atoms with Crippen LogP contribution in [0.1, 0.15) is 39.5 Å². The minimum absolute atomic E-state index is 0.00994. The van der Waals surface area contributed by atoms with Crippen molar-refractivity contribution in [2.45, 2.75) is 25.9 Å². The Morgan fingerprint density at radius 3 is 2.38 bits per heavy atom. The Morgan fingerprint density at radius 2 is 1.72 bits per heavy atom. The zero-order chi connectivity index (χ0) is 36.1. The molecule has 0 radical (unpaired) electrons. The number of carbonyl (C=O) groups is 3. The molecule has 2 aromatic carbocycles. The predicted octanol–water partition coefficient (Wildman–Crippen LogP) is 3.32. The molecule has 1 saturated heterocycles. The highest BCUT2D eigenvalue weighted by Gasteiger charge is 2.27. The third-order valence-corrected chi connectivity index (χ3v) is 9.05. The monoisotopic (exact) mass is 712 g/mol. The second-order valence-electron chi connectivity index (χ2n) is 12.2. The maximum absolute atomic E-state index is 15.2. The van der Waals surface area contributed by atoms with Crippen LogP contribution in [0.2, 0.25) is 5.02 Å². The van der Waals surface area contributed by atoms with Gasteiger partial charge in [-0.3, -0.25) is 19.5 Å². The van der Waals surface area contributed by atoms with Crippen molar-refractivity contribution < 1.29 is 33.4 Å². The summed E-state index contributed by atoms with van der Waals surface area (Å²) in [5.74, 6) is -3.26. The number of imidazole rings is 1. The van der Waals surface area contributed by atoms with Crippen molar-refractivity contribution in [2.24, 2.45) is 7.05 Å². The van der Waals surface area contributed by atoms with Crippen LogP contribution < -0.4 is 5.32 Å². The second-order valence-corrected chi connectivity index (χ2v) is 12.6. The van der Waals surface area contributed by atoms with Gasteiger partial charge in [0.25, 0.3) is 11.8 Å². The number of amides is 3. The van der Waals surface area contributed by atoms with E-state index in [4.69, 9.17) is 16.7 Å². The lowest BCUT2D eigenvalue weighted by Crippen LogP contribution is -2.50. The molecule has 4 N–H and O–H groups in total. The highest BCUT2D eigenvalue weighted by molar-refractivity contribution is 6.34. The minimum atomic E-state index is -1.09. The van der Waals surface area contributed by atoms with E-state index in [9.17, 15) is 19.5 Å². The van der Waals surface area contributed by atoms with E-state index in [-0.39, 0.29) is 58.1 Å². The van der Waals surface area contributed by atoms with Crippen molar-refractivity contribution in [2.75, 3.05) is 58.2 Å². The maximum atomic E-state index is 15.2. The van der Waals surface area contributed by atoms with Crippen molar-refractivity contribution >= 4 is 35.0 Å². The van der Waals surface area contributed by atoms with Crippen LogP contribution in [0.25, 0.3) is 22.4 Å². The number of nitrogens with zero attached hydrogens (tertiary/aromatic N) is 6. The van der Waals surface area contributed by atoms with Gasteiger partial charge in [-0.15, -0.1) is 0 Å². The first-order valence-electron chi connectivity index (χ1n) is 16.0. The molecule has 0 aliphatic carbocycles. The third kappa shape index (κ3) is 8.02. The van der Waals surface area contributed by atoms with E-state index in [1.165, 1.54) is 54.3 Å². The molecule has 16 heteroatoms. The van der Waals surface area contributed by atoms with Crippen LogP contribution in [0.5, 0.6) is 0 Å². The number of aliphatic hydroxyl groups is 2. The number of rotatable bonds is 12. The molecule has 13 nitrogen and oxygen atoms in total. The number of benzene rings is 2. The summed E-state index contributed by atoms with van der Waals surface area (Å²) in [6.07, 6.45) is 2.48. The highest BCUT2D eigenvalue weighted by atomic mass is 35.5. The Labute approximate surface area is 292 Å². The number of hydrogen-bond donors (Lipinski definition) is 4. The molecule has 50 heavy (non-hydrogen) atoms. The molecule has 0 bridgehead atoms. The normalized spacial score (nSPS) is 13.9. The number of aryl methyl sites for hydroxylation is 1. The van der Waals surface area contributed by atoms with Gasteiger partial charge in [0.1, 0.15) is 0 Å². The Bertz CT molecular complexity index is 1870. The summed E-state index contributed by atoms with van der Waals surface area (Å²) in [6.45, 7) is 3.77. The number of H-pyrrole nitrogens is 1. The molecule has 5 rings (SSSR count). The number of piperazine rings is 1. The van der Waals surface area contributed by atoms with E-state index in [1.54, 1.807) is 28.7 Å². The average Bonchev–Trinajstić information content (AvgIpc) is 3.69. The molecule has 266 valence electrons. The first-order valence-corrected chi connectivity index (χ1v) is 16.4. The number of aliphatic hydroxyl groups excluding tert-OH is 2. The van der Waals surface area contributed by atoms with Crippen molar-refractivity contribution in [3.63, 3.8) is 0 Å². The quantitative estimate of drug-likeness (QED) is 0.174. The number of halogens is 3. The number of aromatic nitrogens is 4. The Balaban J connectivity index is 1.17. The predicted molar refractivity (Wildman–Crippen MR) is 183 cm³/mol. The van der Waals surface area contributed by atoms with E-state index in [1.807, 2.05) is 0 Å². The fourth-order valence-electron chi connectivity index (χ4n) is 5.89. The summed E-state index contributed by atoms with van der Waals surface area (Å²) in [4.78, 5) is 48.3. The van der Waals surface area contributed by atoms with Crippen molar-refractivity contribution in [3.8, 4) is 22.4 Å². The van der Waals surface area contributed by atoms with Crippen LogP contribution in [-0.4, -0.2) is 121 Å². The largest absolute Gasteiger partial charge is 0.395 e. The van der Waals surface area contributed by atoms with Crippen LogP contribution in [0, 0.1) is 18.6 Å². The fraction of sp³-hybridized carbons (Fsp3) is 0.382.